The first-order valence-corrected chi connectivity index (χ1v) is 10.8. The number of rotatable bonds is 6. The zero-order valence-corrected chi connectivity index (χ0v) is 19.2. The maximum absolute atomic E-state index is 13.1. The summed E-state index contributed by atoms with van der Waals surface area (Å²) in [5, 5.41) is 2.84. The first-order valence-electron chi connectivity index (χ1n) is 10.8. The molecular weight excluding hydrogens is 430 g/mol. The Bertz CT molecular complexity index is 1290. The zero-order valence-electron chi connectivity index (χ0n) is 19.2. The largest absolute Gasteiger partial charge is 0.457 e. The Kier molecular flexibility index (Phi) is 6.45. The Morgan fingerprint density at radius 3 is 2.32 bits per heavy atom. The van der Waals surface area contributed by atoms with Crippen LogP contribution in [0.25, 0.3) is 5.82 Å². The lowest BCUT2D eigenvalue weighted by atomic mass is 10.1. The van der Waals surface area contributed by atoms with Gasteiger partial charge in [-0.25, -0.2) is 9.78 Å². The third-order valence-electron chi connectivity index (χ3n) is 4.71. The molecule has 0 spiro atoms. The second-order valence-corrected chi connectivity index (χ2v) is 8.57. The number of para-hydroxylation sites is 1. The van der Waals surface area contributed by atoms with Crippen molar-refractivity contribution < 1.29 is 19.1 Å². The topological polar surface area (TPSA) is 82.4 Å². The fourth-order valence-corrected chi connectivity index (χ4v) is 3.21. The average Bonchev–Trinajstić information content (AvgIpc) is 3.34. The lowest BCUT2D eigenvalue weighted by molar-refractivity contribution is 0.00707. The van der Waals surface area contributed by atoms with Crippen molar-refractivity contribution in [2.75, 3.05) is 5.32 Å². The van der Waals surface area contributed by atoms with Crippen LogP contribution in [0.3, 0.4) is 0 Å². The lowest BCUT2D eigenvalue weighted by Gasteiger charge is -2.21. The van der Waals surface area contributed by atoms with Gasteiger partial charge < -0.3 is 19.4 Å². The second kappa shape index (κ2) is 9.62. The number of ether oxygens (including phenoxy) is 2. The van der Waals surface area contributed by atoms with Gasteiger partial charge in [0.1, 0.15) is 22.9 Å². The third kappa shape index (κ3) is 5.69. The van der Waals surface area contributed by atoms with Crippen molar-refractivity contribution in [2.45, 2.75) is 26.4 Å². The van der Waals surface area contributed by atoms with Crippen LogP contribution in [0.4, 0.5) is 5.69 Å². The van der Waals surface area contributed by atoms with Crippen LogP contribution in [0.15, 0.2) is 91.4 Å². The first kappa shape index (κ1) is 22.8. The van der Waals surface area contributed by atoms with E-state index >= 15 is 0 Å². The molecule has 0 aliphatic carbocycles. The Morgan fingerprint density at radius 1 is 0.882 bits per heavy atom. The SMILES string of the molecule is CC(C)(C)OC(=O)c1ccc(Oc2ccccc2)cc1NC(=O)c1ccnc(-n2cccc2)c1. The molecule has 1 amide bonds. The molecule has 0 aliphatic heterocycles. The molecular formula is C27H25N3O4. The maximum atomic E-state index is 13.1. The summed E-state index contributed by atoms with van der Waals surface area (Å²) in [6.07, 6.45) is 5.25. The van der Waals surface area contributed by atoms with Gasteiger partial charge >= 0.3 is 5.97 Å². The fraction of sp³-hybridized carbons (Fsp3) is 0.148. The molecule has 0 aliphatic rings. The van der Waals surface area contributed by atoms with Crippen molar-refractivity contribution in [3.63, 3.8) is 0 Å². The molecule has 0 unspecified atom stereocenters. The second-order valence-electron chi connectivity index (χ2n) is 8.57. The highest BCUT2D eigenvalue weighted by Crippen LogP contribution is 2.29. The predicted molar refractivity (Wildman–Crippen MR) is 130 cm³/mol. The molecule has 7 nitrogen and oxygen atoms in total. The molecule has 2 aromatic carbocycles. The van der Waals surface area contributed by atoms with E-state index in [0.29, 0.717) is 22.9 Å². The van der Waals surface area contributed by atoms with Crippen molar-refractivity contribution in [1.29, 1.82) is 0 Å². The van der Waals surface area contributed by atoms with Gasteiger partial charge in [0.25, 0.3) is 5.91 Å². The number of benzene rings is 2. The van der Waals surface area contributed by atoms with E-state index in [4.69, 9.17) is 9.47 Å². The first-order chi connectivity index (χ1) is 16.3. The summed E-state index contributed by atoms with van der Waals surface area (Å²) in [5.74, 6) is 0.771. The molecule has 1 N–H and O–H groups in total. The standard InChI is InChI=1S/C27H25N3O4/c1-27(2,3)34-26(32)22-12-11-21(33-20-9-5-4-6-10-20)18-23(22)29-25(31)19-13-14-28-24(17-19)30-15-7-8-16-30/h4-18H,1-3H3,(H,29,31). The Morgan fingerprint density at radius 2 is 1.62 bits per heavy atom. The lowest BCUT2D eigenvalue weighted by Crippen LogP contribution is -2.25. The number of aromatic nitrogens is 2. The number of amides is 1. The molecule has 172 valence electrons. The number of nitrogens with one attached hydrogen (secondary N) is 1. The van der Waals surface area contributed by atoms with E-state index in [2.05, 4.69) is 10.3 Å². The highest BCUT2D eigenvalue weighted by molar-refractivity contribution is 6.08. The van der Waals surface area contributed by atoms with Gasteiger partial charge in [0.05, 0.1) is 11.3 Å². The summed E-state index contributed by atoms with van der Waals surface area (Å²) in [6, 6.07) is 21.1. The number of nitrogens with zero attached hydrogens (tertiary/aromatic N) is 2. The summed E-state index contributed by atoms with van der Waals surface area (Å²) in [6.45, 7) is 5.36. The molecule has 34 heavy (non-hydrogen) atoms. The maximum Gasteiger partial charge on any atom is 0.340 e. The molecule has 0 fully saturated rings. The number of anilines is 1. The van der Waals surface area contributed by atoms with E-state index in [9.17, 15) is 9.59 Å². The Balaban J connectivity index is 1.64. The number of esters is 1. The zero-order chi connectivity index (χ0) is 24.1. The van der Waals surface area contributed by atoms with Crippen LogP contribution in [-0.2, 0) is 4.74 Å². The van der Waals surface area contributed by atoms with Crippen molar-refractivity contribution in [1.82, 2.24) is 9.55 Å². The minimum absolute atomic E-state index is 0.225. The molecule has 0 atom stereocenters. The van der Waals surface area contributed by atoms with Crippen LogP contribution in [-0.4, -0.2) is 27.0 Å². The summed E-state index contributed by atoms with van der Waals surface area (Å²) in [4.78, 5) is 30.3. The fourth-order valence-electron chi connectivity index (χ4n) is 3.21. The normalized spacial score (nSPS) is 11.0. The highest BCUT2D eigenvalue weighted by Gasteiger charge is 2.22. The van der Waals surface area contributed by atoms with E-state index in [-0.39, 0.29) is 11.3 Å². The quantitative estimate of drug-likeness (QED) is 0.368. The van der Waals surface area contributed by atoms with Gasteiger partial charge in [0, 0.05) is 30.2 Å². The van der Waals surface area contributed by atoms with Gasteiger partial charge in [0.15, 0.2) is 0 Å². The molecule has 0 saturated heterocycles. The van der Waals surface area contributed by atoms with Crippen molar-refractivity contribution in [3.8, 4) is 17.3 Å². The molecule has 4 rings (SSSR count). The van der Waals surface area contributed by atoms with E-state index in [1.54, 1.807) is 61.9 Å². The van der Waals surface area contributed by atoms with Gasteiger partial charge in [-0.3, -0.25) is 4.79 Å². The minimum atomic E-state index is -0.686. The predicted octanol–water partition coefficient (Wildman–Crippen LogP) is 5.87. The van der Waals surface area contributed by atoms with Gasteiger partial charge in [-0.05, 0) is 69.3 Å². The molecule has 4 aromatic rings. The number of pyridine rings is 1. The van der Waals surface area contributed by atoms with E-state index in [0.717, 1.165) is 0 Å². The molecule has 7 heteroatoms. The van der Waals surface area contributed by atoms with Gasteiger partial charge in [-0.2, -0.15) is 0 Å². The highest BCUT2D eigenvalue weighted by atomic mass is 16.6. The van der Waals surface area contributed by atoms with E-state index in [1.165, 1.54) is 0 Å². The van der Waals surface area contributed by atoms with Crippen LogP contribution in [0.5, 0.6) is 11.5 Å². The summed E-state index contributed by atoms with van der Waals surface area (Å²) in [5.41, 5.74) is 0.215. The average molecular weight is 456 g/mol. The molecule has 0 bridgehead atoms. The smallest absolute Gasteiger partial charge is 0.340 e. The summed E-state index contributed by atoms with van der Waals surface area (Å²) < 4.78 is 13.2. The Labute approximate surface area is 198 Å². The van der Waals surface area contributed by atoms with Crippen molar-refractivity contribution in [2.24, 2.45) is 0 Å². The number of carbonyl (C=O) groups excluding carboxylic acids is 2. The number of hydrogen-bond donors (Lipinski definition) is 1. The van der Waals surface area contributed by atoms with Crippen molar-refractivity contribution in [3.05, 3.63) is 103 Å². The van der Waals surface area contributed by atoms with Crippen LogP contribution in [0.1, 0.15) is 41.5 Å². The molecule has 2 aromatic heterocycles. The van der Waals surface area contributed by atoms with Gasteiger partial charge in [0.2, 0.25) is 0 Å². The van der Waals surface area contributed by atoms with E-state index in [1.807, 2.05) is 54.9 Å². The number of carbonyl (C=O) groups is 2. The summed E-state index contributed by atoms with van der Waals surface area (Å²) >= 11 is 0. The van der Waals surface area contributed by atoms with Crippen LogP contribution in [0.2, 0.25) is 0 Å². The van der Waals surface area contributed by atoms with Crippen LogP contribution >= 0.6 is 0 Å². The molecule has 2 heterocycles. The van der Waals surface area contributed by atoms with Crippen LogP contribution in [0, 0.1) is 0 Å². The molecule has 0 radical (unpaired) electrons. The third-order valence-corrected chi connectivity index (χ3v) is 4.71. The Hall–Kier alpha value is -4.39. The van der Waals surface area contributed by atoms with Crippen molar-refractivity contribution >= 4 is 17.6 Å². The van der Waals surface area contributed by atoms with Gasteiger partial charge in [-0.1, -0.05) is 18.2 Å². The number of hydrogen-bond acceptors (Lipinski definition) is 5. The molecule has 0 saturated carbocycles. The van der Waals surface area contributed by atoms with E-state index < -0.39 is 17.5 Å². The minimum Gasteiger partial charge on any atom is -0.457 e. The van der Waals surface area contributed by atoms with Crippen LogP contribution < -0.4 is 10.1 Å². The summed E-state index contributed by atoms with van der Waals surface area (Å²) in [7, 11) is 0. The monoisotopic (exact) mass is 455 g/mol. The van der Waals surface area contributed by atoms with Gasteiger partial charge in [-0.15, -0.1) is 0 Å².